The van der Waals surface area contributed by atoms with Gasteiger partial charge in [-0.3, -0.25) is 0 Å². The lowest BCUT2D eigenvalue weighted by molar-refractivity contribution is 0.312. The van der Waals surface area contributed by atoms with E-state index in [0.29, 0.717) is 25.9 Å². The third kappa shape index (κ3) is 3.59. The maximum Gasteiger partial charge on any atom is 0.150 e. The van der Waals surface area contributed by atoms with Crippen molar-refractivity contribution in [2.24, 2.45) is 5.73 Å². The van der Waals surface area contributed by atoms with E-state index in [2.05, 4.69) is 11.9 Å². The van der Waals surface area contributed by atoms with Crippen LogP contribution in [-0.4, -0.2) is 38.6 Å². The Bertz CT molecular complexity index is 321. The van der Waals surface area contributed by atoms with E-state index in [1.54, 1.807) is 0 Å². The largest absolute Gasteiger partial charge is 0.329 e. The molecule has 1 heterocycles. The number of hydrogen-bond donors (Lipinski definition) is 2. The van der Waals surface area contributed by atoms with Crippen LogP contribution in [0.3, 0.4) is 0 Å². The highest BCUT2D eigenvalue weighted by atomic mass is 32.2. The van der Waals surface area contributed by atoms with Gasteiger partial charge in [-0.15, -0.1) is 0 Å². The first-order valence-corrected chi connectivity index (χ1v) is 7.01. The van der Waals surface area contributed by atoms with Crippen LogP contribution in [0.25, 0.3) is 0 Å². The molecule has 0 radical (unpaired) electrons. The van der Waals surface area contributed by atoms with Crippen molar-refractivity contribution in [1.29, 1.82) is 0 Å². The summed E-state index contributed by atoms with van der Waals surface area (Å²) in [5.74, 6) is 0.487. The molecule has 5 heteroatoms. The number of sulfone groups is 1. The Labute approximate surface area is 91.8 Å². The van der Waals surface area contributed by atoms with E-state index >= 15 is 0 Å². The Morgan fingerprint density at radius 2 is 2.00 bits per heavy atom. The number of nitrogens with two attached hydrogens (primary N) is 1. The van der Waals surface area contributed by atoms with Crippen LogP contribution in [0.1, 0.15) is 19.8 Å². The molecule has 0 spiro atoms. The van der Waals surface area contributed by atoms with Crippen molar-refractivity contribution < 1.29 is 8.42 Å². The molecule has 0 aliphatic carbocycles. The first-order chi connectivity index (χ1) is 6.89. The lowest BCUT2D eigenvalue weighted by atomic mass is 9.92. The summed E-state index contributed by atoms with van der Waals surface area (Å²) in [4.78, 5) is 0. The Balaban J connectivity index is 2.60. The van der Waals surface area contributed by atoms with Crippen LogP contribution in [0.15, 0.2) is 12.2 Å². The standard InChI is InChI=1S/C10H20N2O2S/c1-9(2)7-12-10(8-11)3-5-15(13,14)6-4-10/h12H,1,3-8,11H2,2H3. The van der Waals surface area contributed by atoms with E-state index < -0.39 is 9.84 Å². The minimum atomic E-state index is -2.82. The maximum atomic E-state index is 11.3. The summed E-state index contributed by atoms with van der Waals surface area (Å²) >= 11 is 0. The molecule has 1 aliphatic heterocycles. The van der Waals surface area contributed by atoms with Crippen molar-refractivity contribution in [3.05, 3.63) is 12.2 Å². The maximum absolute atomic E-state index is 11.3. The van der Waals surface area contributed by atoms with Crippen LogP contribution >= 0.6 is 0 Å². The van der Waals surface area contributed by atoms with Gasteiger partial charge < -0.3 is 11.1 Å². The third-order valence-corrected chi connectivity index (χ3v) is 4.59. The number of rotatable bonds is 4. The van der Waals surface area contributed by atoms with Gasteiger partial charge in [0.2, 0.25) is 0 Å². The predicted octanol–water partition coefficient (Wildman–Crippen LogP) is 0.0582. The molecule has 1 fully saturated rings. The highest BCUT2D eigenvalue weighted by molar-refractivity contribution is 7.91. The summed E-state index contributed by atoms with van der Waals surface area (Å²) in [7, 11) is -2.82. The molecule has 0 saturated carbocycles. The second-order valence-electron chi connectivity index (χ2n) is 4.45. The Morgan fingerprint density at radius 3 is 2.40 bits per heavy atom. The number of nitrogens with one attached hydrogen (secondary N) is 1. The fourth-order valence-corrected chi connectivity index (χ4v) is 3.33. The Morgan fingerprint density at radius 1 is 1.47 bits per heavy atom. The molecular formula is C10H20N2O2S. The molecule has 0 aromatic heterocycles. The average Bonchev–Trinajstić information content (AvgIpc) is 2.17. The van der Waals surface area contributed by atoms with Gasteiger partial charge in [-0.05, 0) is 19.8 Å². The average molecular weight is 232 g/mol. The van der Waals surface area contributed by atoms with Gasteiger partial charge in [-0.2, -0.15) is 0 Å². The zero-order valence-corrected chi connectivity index (χ0v) is 10.1. The summed E-state index contributed by atoms with van der Waals surface area (Å²) in [5.41, 5.74) is 6.56. The monoisotopic (exact) mass is 232 g/mol. The lowest BCUT2D eigenvalue weighted by Gasteiger charge is -2.37. The topological polar surface area (TPSA) is 72.2 Å². The van der Waals surface area contributed by atoms with Gasteiger partial charge in [0.1, 0.15) is 9.84 Å². The van der Waals surface area contributed by atoms with Crippen LogP contribution in [0.4, 0.5) is 0 Å². The summed E-state index contributed by atoms with van der Waals surface area (Å²) < 4.78 is 22.6. The molecule has 4 nitrogen and oxygen atoms in total. The van der Waals surface area contributed by atoms with E-state index in [9.17, 15) is 8.42 Å². The van der Waals surface area contributed by atoms with Crippen LogP contribution in [-0.2, 0) is 9.84 Å². The quantitative estimate of drug-likeness (QED) is 0.672. The van der Waals surface area contributed by atoms with E-state index in [1.807, 2.05) is 6.92 Å². The first-order valence-electron chi connectivity index (χ1n) is 5.19. The van der Waals surface area contributed by atoms with Crippen LogP contribution < -0.4 is 11.1 Å². The molecule has 0 aromatic carbocycles. The normalized spacial score (nSPS) is 23.6. The highest BCUT2D eigenvalue weighted by Gasteiger charge is 2.35. The van der Waals surface area contributed by atoms with Crippen molar-refractivity contribution in [2.45, 2.75) is 25.3 Å². The first kappa shape index (κ1) is 12.7. The van der Waals surface area contributed by atoms with Crippen molar-refractivity contribution in [2.75, 3.05) is 24.6 Å². The van der Waals surface area contributed by atoms with Gasteiger partial charge in [-0.25, -0.2) is 8.42 Å². The van der Waals surface area contributed by atoms with Crippen molar-refractivity contribution >= 4 is 9.84 Å². The van der Waals surface area contributed by atoms with Gasteiger partial charge >= 0.3 is 0 Å². The lowest BCUT2D eigenvalue weighted by Crippen LogP contribution is -2.56. The van der Waals surface area contributed by atoms with Crippen molar-refractivity contribution in [3.8, 4) is 0 Å². The molecular weight excluding hydrogens is 212 g/mol. The zero-order chi connectivity index (χ0) is 11.5. The molecule has 0 amide bonds. The molecule has 1 saturated heterocycles. The zero-order valence-electron chi connectivity index (χ0n) is 9.25. The van der Waals surface area contributed by atoms with E-state index in [4.69, 9.17) is 5.73 Å². The van der Waals surface area contributed by atoms with Crippen molar-refractivity contribution in [3.63, 3.8) is 0 Å². The molecule has 0 unspecified atom stereocenters. The van der Waals surface area contributed by atoms with E-state index in [1.165, 1.54) is 0 Å². The Hall–Kier alpha value is -0.390. The van der Waals surface area contributed by atoms with Gasteiger partial charge in [0.25, 0.3) is 0 Å². The van der Waals surface area contributed by atoms with Crippen molar-refractivity contribution in [1.82, 2.24) is 5.32 Å². The van der Waals surface area contributed by atoms with Gasteiger partial charge in [0, 0.05) is 18.6 Å². The third-order valence-electron chi connectivity index (χ3n) is 2.94. The summed E-state index contributed by atoms with van der Waals surface area (Å²) in [6.45, 7) is 6.94. The van der Waals surface area contributed by atoms with E-state index in [0.717, 1.165) is 5.57 Å². The van der Waals surface area contributed by atoms with E-state index in [-0.39, 0.29) is 17.0 Å². The fourth-order valence-electron chi connectivity index (χ4n) is 1.72. The summed E-state index contributed by atoms with van der Waals surface area (Å²) in [6.07, 6.45) is 1.22. The minimum absolute atomic E-state index is 0.204. The van der Waals surface area contributed by atoms with Gasteiger partial charge in [0.15, 0.2) is 0 Å². The smallest absolute Gasteiger partial charge is 0.150 e. The van der Waals surface area contributed by atoms with Crippen LogP contribution in [0.2, 0.25) is 0 Å². The van der Waals surface area contributed by atoms with Crippen LogP contribution in [0, 0.1) is 0 Å². The molecule has 1 aliphatic rings. The second kappa shape index (κ2) is 4.63. The van der Waals surface area contributed by atoms with Crippen LogP contribution in [0.5, 0.6) is 0 Å². The minimum Gasteiger partial charge on any atom is -0.329 e. The fraction of sp³-hybridized carbons (Fsp3) is 0.800. The SMILES string of the molecule is C=C(C)CNC1(CN)CCS(=O)(=O)CC1. The number of hydrogen-bond acceptors (Lipinski definition) is 4. The second-order valence-corrected chi connectivity index (χ2v) is 6.75. The summed E-state index contributed by atoms with van der Waals surface area (Å²) in [6, 6.07) is 0. The Kier molecular flexibility index (Phi) is 3.92. The predicted molar refractivity (Wildman–Crippen MR) is 62.5 cm³/mol. The molecule has 1 rings (SSSR count). The van der Waals surface area contributed by atoms with Gasteiger partial charge in [-0.1, -0.05) is 12.2 Å². The molecule has 88 valence electrons. The molecule has 0 aromatic rings. The summed E-state index contributed by atoms with van der Waals surface area (Å²) in [5, 5.41) is 3.33. The molecule has 3 N–H and O–H groups in total. The molecule has 0 atom stereocenters. The molecule has 15 heavy (non-hydrogen) atoms. The highest BCUT2D eigenvalue weighted by Crippen LogP contribution is 2.22. The molecule has 0 bridgehead atoms. The van der Waals surface area contributed by atoms with Gasteiger partial charge in [0.05, 0.1) is 11.5 Å².